The summed E-state index contributed by atoms with van der Waals surface area (Å²) in [5.41, 5.74) is 1.74. The fourth-order valence-electron chi connectivity index (χ4n) is 3.20. The summed E-state index contributed by atoms with van der Waals surface area (Å²) in [6, 6.07) is 11.8. The molecule has 3 aromatic heterocycles. The number of tetrazole rings is 1. The zero-order valence-electron chi connectivity index (χ0n) is 15.0. The largest absolute Gasteiger partial charge is 0.376 e. The quantitative estimate of drug-likeness (QED) is 0.480. The number of hydrogen-bond donors (Lipinski definition) is 0. The second-order valence-electron chi connectivity index (χ2n) is 6.49. The van der Waals surface area contributed by atoms with E-state index in [2.05, 4.69) is 20.5 Å². The van der Waals surface area contributed by atoms with Crippen molar-refractivity contribution in [3.8, 4) is 11.4 Å². The highest BCUT2D eigenvalue weighted by Gasteiger charge is 2.20. The van der Waals surface area contributed by atoms with Crippen LogP contribution in [0.3, 0.4) is 0 Å². The van der Waals surface area contributed by atoms with Crippen LogP contribution >= 0.6 is 11.8 Å². The van der Waals surface area contributed by atoms with Crippen LogP contribution in [-0.2, 0) is 11.3 Å². The van der Waals surface area contributed by atoms with Crippen LogP contribution in [0, 0.1) is 0 Å². The maximum Gasteiger partial charge on any atom is 0.215 e. The van der Waals surface area contributed by atoms with Gasteiger partial charge < -0.3 is 4.74 Å². The normalized spacial score (nSPS) is 16.6. The predicted molar refractivity (Wildman–Crippen MR) is 104 cm³/mol. The van der Waals surface area contributed by atoms with Gasteiger partial charge in [-0.3, -0.25) is 4.98 Å². The first kappa shape index (κ1) is 17.2. The van der Waals surface area contributed by atoms with E-state index in [1.54, 1.807) is 17.1 Å². The zero-order valence-corrected chi connectivity index (χ0v) is 15.8. The smallest absolute Gasteiger partial charge is 0.215 e. The van der Waals surface area contributed by atoms with Crippen LogP contribution in [-0.4, -0.2) is 47.9 Å². The molecule has 1 aliphatic heterocycles. The van der Waals surface area contributed by atoms with E-state index in [4.69, 9.17) is 14.7 Å². The van der Waals surface area contributed by atoms with Gasteiger partial charge in [-0.15, -0.1) is 5.10 Å². The first-order valence-electron chi connectivity index (χ1n) is 9.09. The van der Waals surface area contributed by atoms with E-state index in [1.165, 1.54) is 11.8 Å². The van der Waals surface area contributed by atoms with Crippen LogP contribution in [0.4, 0.5) is 0 Å². The van der Waals surface area contributed by atoms with Crippen LogP contribution in [0.1, 0.15) is 12.8 Å². The first-order valence-corrected chi connectivity index (χ1v) is 9.91. The molecule has 0 aliphatic carbocycles. The van der Waals surface area contributed by atoms with Crippen molar-refractivity contribution in [2.45, 2.75) is 35.7 Å². The number of fused-ring (bicyclic) bond motifs is 1. The molecule has 0 spiro atoms. The third-order valence-electron chi connectivity index (χ3n) is 4.58. The number of para-hydroxylation sites is 1. The Morgan fingerprint density at radius 1 is 1.14 bits per heavy atom. The van der Waals surface area contributed by atoms with Gasteiger partial charge in [0.2, 0.25) is 5.16 Å². The Morgan fingerprint density at radius 2 is 2.11 bits per heavy atom. The van der Waals surface area contributed by atoms with E-state index in [9.17, 15) is 0 Å². The first-order chi connectivity index (χ1) is 13.9. The molecule has 5 rings (SSSR count). The molecule has 0 saturated carbocycles. The van der Waals surface area contributed by atoms with Crippen molar-refractivity contribution in [3.63, 3.8) is 0 Å². The van der Waals surface area contributed by atoms with Gasteiger partial charge in [0.1, 0.15) is 5.03 Å². The Hall–Kier alpha value is -2.91. The van der Waals surface area contributed by atoms with Gasteiger partial charge in [-0.05, 0) is 53.2 Å². The fourth-order valence-corrected chi connectivity index (χ4v) is 4.08. The highest BCUT2D eigenvalue weighted by molar-refractivity contribution is 7.99. The lowest BCUT2D eigenvalue weighted by molar-refractivity contribution is 0.0912. The lowest BCUT2D eigenvalue weighted by Gasteiger charge is -2.11. The lowest BCUT2D eigenvalue weighted by Crippen LogP contribution is -2.16. The Kier molecular flexibility index (Phi) is 4.67. The second-order valence-corrected chi connectivity index (χ2v) is 7.45. The summed E-state index contributed by atoms with van der Waals surface area (Å²) in [5, 5.41) is 14.7. The monoisotopic (exact) mass is 391 g/mol. The molecule has 4 aromatic rings. The van der Waals surface area contributed by atoms with Gasteiger partial charge >= 0.3 is 0 Å². The van der Waals surface area contributed by atoms with Gasteiger partial charge in [0.15, 0.2) is 5.82 Å². The maximum absolute atomic E-state index is 5.72. The molecule has 1 unspecified atom stereocenters. The molecule has 0 N–H and O–H groups in total. The van der Waals surface area contributed by atoms with Gasteiger partial charge in [0.25, 0.3) is 0 Å². The number of benzene rings is 1. The summed E-state index contributed by atoms with van der Waals surface area (Å²) >= 11 is 1.44. The van der Waals surface area contributed by atoms with E-state index in [0.29, 0.717) is 17.5 Å². The average Bonchev–Trinajstić information content (AvgIpc) is 3.41. The molecule has 4 heterocycles. The van der Waals surface area contributed by atoms with Gasteiger partial charge in [-0.2, -0.15) is 0 Å². The molecule has 1 fully saturated rings. The third kappa shape index (κ3) is 3.46. The molecule has 9 heteroatoms. The molecule has 8 nitrogen and oxygen atoms in total. The van der Waals surface area contributed by atoms with Crippen molar-refractivity contribution in [1.82, 2.24) is 35.2 Å². The van der Waals surface area contributed by atoms with Crippen molar-refractivity contribution in [2.75, 3.05) is 6.61 Å². The number of nitrogens with zero attached hydrogens (tertiary/aromatic N) is 7. The molecule has 28 heavy (non-hydrogen) atoms. The molecule has 0 bridgehead atoms. The van der Waals surface area contributed by atoms with Crippen LogP contribution in [0.2, 0.25) is 0 Å². The summed E-state index contributed by atoms with van der Waals surface area (Å²) in [6.07, 6.45) is 5.78. The summed E-state index contributed by atoms with van der Waals surface area (Å²) in [7, 11) is 0. The third-order valence-corrected chi connectivity index (χ3v) is 5.56. The Labute approximate surface area is 165 Å². The highest BCUT2D eigenvalue weighted by Crippen LogP contribution is 2.32. The van der Waals surface area contributed by atoms with Crippen molar-refractivity contribution in [3.05, 3.63) is 48.8 Å². The molecular weight excluding hydrogens is 374 g/mol. The summed E-state index contributed by atoms with van der Waals surface area (Å²) in [6.45, 7) is 1.45. The van der Waals surface area contributed by atoms with Crippen LogP contribution < -0.4 is 0 Å². The molecule has 1 saturated heterocycles. The second kappa shape index (κ2) is 7.61. The van der Waals surface area contributed by atoms with E-state index in [-0.39, 0.29) is 6.10 Å². The van der Waals surface area contributed by atoms with Gasteiger partial charge in [0, 0.05) is 30.0 Å². The Morgan fingerprint density at radius 3 is 2.96 bits per heavy atom. The van der Waals surface area contributed by atoms with Crippen molar-refractivity contribution in [2.24, 2.45) is 0 Å². The standard InChI is InChI=1S/C19H17N7OS/c1-2-8-16-15(7-1)18(22-17(21-16)13-5-3-9-20-11-13)28-19-23-24-25-26(19)12-14-6-4-10-27-14/h1-3,5,7-9,11,14H,4,6,10,12H2. The Balaban J connectivity index is 1.53. The topological polar surface area (TPSA) is 91.5 Å². The predicted octanol–water partition coefficient (Wildman–Crippen LogP) is 3.01. The van der Waals surface area contributed by atoms with E-state index < -0.39 is 0 Å². The van der Waals surface area contributed by atoms with E-state index in [0.717, 1.165) is 40.9 Å². The molecule has 140 valence electrons. The maximum atomic E-state index is 5.72. The number of rotatable bonds is 5. The highest BCUT2D eigenvalue weighted by atomic mass is 32.2. The number of ether oxygens (including phenoxy) is 1. The summed E-state index contributed by atoms with van der Waals surface area (Å²) < 4.78 is 7.51. The fraction of sp³-hybridized carbons (Fsp3) is 0.263. The minimum Gasteiger partial charge on any atom is -0.376 e. The van der Waals surface area contributed by atoms with Gasteiger partial charge in [-0.25, -0.2) is 14.6 Å². The molecule has 0 radical (unpaired) electrons. The molecule has 0 amide bonds. The molecule has 1 aliphatic rings. The average molecular weight is 391 g/mol. The number of pyridine rings is 1. The lowest BCUT2D eigenvalue weighted by atomic mass is 10.2. The van der Waals surface area contributed by atoms with Crippen molar-refractivity contribution < 1.29 is 4.74 Å². The van der Waals surface area contributed by atoms with E-state index in [1.807, 2.05) is 36.4 Å². The summed E-state index contributed by atoms with van der Waals surface area (Å²) in [4.78, 5) is 13.7. The van der Waals surface area contributed by atoms with Crippen LogP contribution in [0.5, 0.6) is 0 Å². The SMILES string of the molecule is c1cncc(-c2nc(Sc3nnnn3CC3CCCO3)c3ccccc3n2)c1. The minimum atomic E-state index is 0.163. The van der Waals surface area contributed by atoms with Crippen molar-refractivity contribution >= 4 is 22.7 Å². The molecular formula is C19H17N7OS. The minimum absolute atomic E-state index is 0.163. The summed E-state index contributed by atoms with van der Waals surface area (Å²) in [5.74, 6) is 0.632. The van der Waals surface area contributed by atoms with Crippen LogP contribution in [0.15, 0.2) is 59.0 Å². The van der Waals surface area contributed by atoms with Crippen LogP contribution in [0.25, 0.3) is 22.3 Å². The molecule has 1 aromatic carbocycles. The molecule has 1 atom stereocenters. The van der Waals surface area contributed by atoms with Gasteiger partial charge in [-0.1, -0.05) is 18.2 Å². The number of hydrogen-bond acceptors (Lipinski definition) is 8. The van der Waals surface area contributed by atoms with Gasteiger partial charge in [0.05, 0.1) is 18.2 Å². The van der Waals surface area contributed by atoms with E-state index >= 15 is 0 Å². The zero-order chi connectivity index (χ0) is 18.8. The number of aromatic nitrogens is 7. The Bertz CT molecular complexity index is 1100. The van der Waals surface area contributed by atoms with Crippen molar-refractivity contribution in [1.29, 1.82) is 0 Å².